The van der Waals surface area contributed by atoms with Gasteiger partial charge >= 0.3 is 6.03 Å². The Bertz CT molecular complexity index is 683. The zero-order chi connectivity index (χ0) is 17.4. The fourth-order valence-electron chi connectivity index (χ4n) is 3.63. The first-order chi connectivity index (χ1) is 11.3. The van der Waals surface area contributed by atoms with Gasteiger partial charge in [0, 0.05) is 36.9 Å². The van der Waals surface area contributed by atoms with Crippen molar-refractivity contribution in [2.24, 2.45) is 0 Å². The molecule has 0 radical (unpaired) electrons. The van der Waals surface area contributed by atoms with E-state index in [4.69, 9.17) is 0 Å². The van der Waals surface area contributed by atoms with E-state index in [-0.39, 0.29) is 24.5 Å². The molecule has 1 aromatic rings. The molecule has 1 aliphatic carbocycles. The monoisotopic (exact) mass is 351 g/mol. The predicted octanol–water partition coefficient (Wildman–Crippen LogP) is 1.72. The summed E-state index contributed by atoms with van der Waals surface area (Å²) in [6.45, 7) is 4.41. The smallest absolute Gasteiger partial charge is 0.317 e. The molecule has 1 saturated carbocycles. The molecule has 1 aliphatic heterocycles. The number of aromatic nitrogens is 1. The summed E-state index contributed by atoms with van der Waals surface area (Å²) in [5.41, 5.74) is 0.954. The molecular weight excluding hydrogens is 326 g/mol. The quantitative estimate of drug-likeness (QED) is 0.899. The Morgan fingerprint density at radius 1 is 1.29 bits per heavy atom. The molecule has 0 bridgehead atoms. The van der Waals surface area contributed by atoms with Crippen LogP contribution in [0.3, 0.4) is 0 Å². The van der Waals surface area contributed by atoms with Crippen molar-refractivity contribution in [3.63, 3.8) is 0 Å². The molecule has 2 unspecified atom stereocenters. The zero-order valence-corrected chi connectivity index (χ0v) is 15.1. The van der Waals surface area contributed by atoms with E-state index in [2.05, 4.69) is 10.3 Å². The molecular formula is C17H25N3O3S. The maximum Gasteiger partial charge on any atom is 0.317 e. The van der Waals surface area contributed by atoms with Gasteiger partial charge in [-0.15, -0.1) is 0 Å². The van der Waals surface area contributed by atoms with E-state index in [1.54, 1.807) is 24.9 Å². The highest BCUT2D eigenvalue weighted by Gasteiger charge is 2.41. The number of carbonyl (C=O) groups is 1. The normalized spacial score (nSPS) is 28.0. The summed E-state index contributed by atoms with van der Waals surface area (Å²) in [7, 11) is -3.12. The average molecular weight is 351 g/mol. The van der Waals surface area contributed by atoms with Crippen LogP contribution in [-0.2, 0) is 15.3 Å². The van der Waals surface area contributed by atoms with Crippen LogP contribution >= 0.6 is 0 Å². The molecule has 7 heteroatoms. The van der Waals surface area contributed by atoms with Crippen molar-refractivity contribution in [3.8, 4) is 0 Å². The highest BCUT2D eigenvalue weighted by molar-refractivity contribution is 7.92. The number of hydrogen-bond acceptors (Lipinski definition) is 4. The molecule has 2 amide bonds. The molecule has 2 fully saturated rings. The van der Waals surface area contributed by atoms with Gasteiger partial charge in [-0.05, 0) is 38.8 Å². The van der Waals surface area contributed by atoms with Gasteiger partial charge in [0.1, 0.15) is 0 Å². The summed E-state index contributed by atoms with van der Waals surface area (Å²) in [4.78, 5) is 18.6. The van der Waals surface area contributed by atoms with Crippen LogP contribution in [0.1, 0.15) is 38.8 Å². The van der Waals surface area contributed by atoms with Crippen LogP contribution in [0, 0.1) is 0 Å². The molecule has 2 aliphatic rings. The average Bonchev–Trinajstić information content (AvgIpc) is 2.52. The largest absolute Gasteiger partial charge is 0.337 e. The zero-order valence-electron chi connectivity index (χ0n) is 14.2. The number of hydrogen-bond donors (Lipinski definition) is 1. The summed E-state index contributed by atoms with van der Waals surface area (Å²) in [6.07, 6.45) is 4.97. The number of carbonyl (C=O) groups excluding carboxylic acids is 1. The van der Waals surface area contributed by atoms with Gasteiger partial charge in [0.2, 0.25) is 0 Å². The highest BCUT2D eigenvalue weighted by atomic mass is 32.2. The second-order valence-corrected chi connectivity index (χ2v) is 9.91. The van der Waals surface area contributed by atoms with E-state index in [1.807, 2.05) is 18.2 Å². The third-order valence-corrected chi connectivity index (χ3v) is 8.00. The van der Waals surface area contributed by atoms with Crippen LogP contribution in [-0.4, -0.2) is 54.5 Å². The van der Waals surface area contributed by atoms with Gasteiger partial charge < -0.3 is 10.2 Å². The lowest BCUT2D eigenvalue weighted by molar-refractivity contribution is 0.180. The van der Waals surface area contributed by atoms with E-state index in [9.17, 15) is 13.2 Å². The molecule has 2 atom stereocenters. The number of nitrogens with zero attached hydrogens (tertiary/aromatic N) is 2. The molecule has 1 aromatic heterocycles. The minimum absolute atomic E-state index is 0.0734. The topological polar surface area (TPSA) is 79.4 Å². The van der Waals surface area contributed by atoms with Gasteiger partial charge in [-0.3, -0.25) is 4.98 Å². The third-order valence-electron chi connectivity index (χ3n) is 5.46. The fourth-order valence-corrected chi connectivity index (χ4v) is 5.19. The van der Waals surface area contributed by atoms with Crippen LogP contribution < -0.4 is 5.32 Å². The molecule has 3 rings (SSSR count). The van der Waals surface area contributed by atoms with Crippen molar-refractivity contribution in [2.75, 3.05) is 19.6 Å². The molecule has 132 valence electrons. The van der Waals surface area contributed by atoms with Crippen molar-refractivity contribution < 1.29 is 13.2 Å². The van der Waals surface area contributed by atoms with Crippen molar-refractivity contribution in [3.05, 3.63) is 30.1 Å². The number of rotatable bonds is 3. The van der Waals surface area contributed by atoms with Gasteiger partial charge in [-0.1, -0.05) is 12.5 Å². The van der Waals surface area contributed by atoms with Crippen LogP contribution in [0.2, 0.25) is 0 Å². The van der Waals surface area contributed by atoms with Gasteiger partial charge in [-0.25, -0.2) is 13.2 Å². The number of amides is 2. The van der Waals surface area contributed by atoms with Crippen molar-refractivity contribution >= 4 is 15.9 Å². The highest BCUT2D eigenvalue weighted by Crippen LogP contribution is 2.42. The van der Waals surface area contributed by atoms with E-state index in [0.29, 0.717) is 6.54 Å². The van der Waals surface area contributed by atoms with Gasteiger partial charge in [0.25, 0.3) is 0 Å². The fraction of sp³-hybridized carbons (Fsp3) is 0.647. The van der Waals surface area contributed by atoms with Crippen molar-refractivity contribution in [1.82, 2.24) is 15.2 Å². The molecule has 0 spiro atoms. The Kier molecular flexibility index (Phi) is 4.55. The summed E-state index contributed by atoms with van der Waals surface area (Å²) in [5.74, 6) is 0. The van der Waals surface area contributed by atoms with Crippen molar-refractivity contribution in [1.29, 1.82) is 0 Å². The number of pyridine rings is 1. The summed E-state index contributed by atoms with van der Waals surface area (Å²) in [6, 6.07) is 5.71. The Balaban J connectivity index is 1.64. The predicted molar refractivity (Wildman–Crippen MR) is 92.6 cm³/mol. The molecule has 0 aromatic carbocycles. The van der Waals surface area contributed by atoms with E-state index in [0.717, 1.165) is 25.0 Å². The Hall–Kier alpha value is -1.63. The maximum atomic E-state index is 12.5. The number of nitrogens with one attached hydrogen (secondary N) is 1. The lowest BCUT2D eigenvalue weighted by atomic mass is 9.66. The van der Waals surface area contributed by atoms with E-state index < -0.39 is 20.3 Å². The first kappa shape index (κ1) is 17.2. The first-order valence-electron chi connectivity index (χ1n) is 8.52. The minimum atomic E-state index is -3.12. The van der Waals surface area contributed by atoms with Crippen molar-refractivity contribution in [2.45, 2.75) is 49.0 Å². The standard InChI is InChI=1S/C17H25N3O3S/c1-13-10-20(11-14(2)24(13,22)23)16(21)19-12-17(7-5-8-17)15-6-3-4-9-18-15/h3-4,6,9,13-14H,5,7-8,10-12H2,1-2H3,(H,19,21). The van der Waals surface area contributed by atoms with Gasteiger partial charge in [0.15, 0.2) is 9.84 Å². The Labute approximate surface area is 143 Å². The van der Waals surface area contributed by atoms with Crippen LogP contribution in [0.15, 0.2) is 24.4 Å². The maximum absolute atomic E-state index is 12.5. The van der Waals surface area contributed by atoms with Crippen LogP contribution in [0.4, 0.5) is 4.79 Å². The Morgan fingerprint density at radius 2 is 1.96 bits per heavy atom. The third kappa shape index (κ3) is 3.01. The molecule has 1 N–H and O–H groups in total. The van der Waals surface area contributed by atoms with E-state index in [1.165, 1.54) is 0 Å². The summed E-state index contributed by atoms with van der Waals surface area (Å²) < 4.78 is 24.1. The lowest BCUT2D eigenvalue weighted by Gasteiger charge is -2.42. The number of sulfone groups is 1. The Morgan fingerprint density at radius 3 is 2.46 bits per heavy atom. The first-order valence-corrected chi connectivity index (χ1v) is 10.1. The minimum Gasteiger partial charge on any atom is -0.337 e. The molecule has 1 saturated heterocycles. The van der Waals surface area contributed by atoms with Gasteiger partial charge in [-0.2, -0.15) is 0 Å². The lowest BCUT2D eigenvalue weighted by Crippen LogP contribution is -2.56. The SMILES string of the molecule is CC1CN(C(=O)NCC2(c3ccccn3)CCC2)CC(C)S1(=O)=O. The second-order valence-electron chi connectivity index (χ2n) is 7.12. The van der Waals surface area contributed by atoms with Gasteiger partial charge in [0.05, 0.1) is 10.5 Å². The van der Waals surface area contributed by atoms with Crippen LogP contribution in [0.25, 0.3) is 0 Å². The van der Waals surface area contributed by atoms with Crippen LogP contribution in [0.5, 0.6) is 0 Å². The molecule has 6 nitrogen and oxygen atoms in total. The number of urea groups is 1. The summed E-state index contributed by atoms with van der Waals surface area (Å²) in [5, 5.41) is 1.99. The molecule has 24 heavy (non-hydrogen) atoms. The summed E-state index contributed by atoms with van der Waals surface area (Å²) >= 11 is 0. The molecule has 2 heterocycles. The van der Waals surface area contributed by atoms with E-state index >= 15 is 0 Å². The second kappa shape index (κ2) is 6.35.